The van der Waals surface area contributed by atoms with Crippen LogP contribution in [0.15, 0.2) is 35.3 Å². The van der Waals surface area contributed by atoms with Crippen LogP contribution in [-0.2, 0) is 22.5 Å². The van der Waals surface area contributed by atoms with Crippen LogP contribution in [0.4, 0.5) is 0 Å². The third kappa shape index (κ3) is 5.46. The number of esters is 1. The Kier molecular flexibility index (Phi) is 7.73. The molecule has 0 spiro atoms. The number of amides is 1. The summed E-state index contributed by atoms with van der Waals surface area (Å²) in [5, 5.41) is 0. The molecule has 1 heterocycles. The van der Waals surface area contributed by atoms with Gasteiger partial charge in [-0.3, -0.25) is 4.79 Å². The lowest BCUT2D eigenvalue weighted by molar-refractivity contribution is -0.117. The molecule has 3 rings (SSSR count). The number of ether oxygens (including phenoxy) is 1. The molecule has 1 aromatic heterocycles. The van der Waals surface area contributed by atoms with Gasteiger partial charge in [0.15, 0.2) is 4.80 Å². The molecule has 0 bridgehead atoms. The topological polar surface area (TPSA) is 60.7 Å². The molecule has 0 aliphatic heterocycles. The van der Waals surface area contributed by atoms with Gasteiger partial charge >= 0.3 is 5.97 Å². The van der Waals surface area contributed by atoms with Crippen LogP contribution in [0.25, 0.3) is 10.2 Å². The molecule has 5 nitrogen and oxygen atoms in total. The van der Waals surface area contributed by atoms with E-state index in [1.54, 1.807) is 24.8 Å². The number of benzene rings is 2. The van der Waals surface area contributed by atoms with Crippen molar-refractivity contribution in [1.82, 2.24) is 4.57 Å². The number of thioether (sulfide) groups is 1. The number of hydrogen-bond acceptors (Lipinski definition) is 5. The molecule has 1 amide bonds. The van der Waals surface area contributed by atoms with Crippen molar-refractivity contribution in [1.29, 1.82) is 0 Å². The number of hydrogen-bond donors (Lipinski definition) is 0. The number of nitrogens with zero attached hydrogens (tertiary/aromatic N) is 2. The van der Waals surface area contributed by atoms with Crippen LogP contribution in [-0.4, -0.2) is 35.1 Å². The monoisotopic (exact) mass is 456 g/mol. The summed E-state index contributed by atoms with van der Waals surface area (Å²) in [7, 11) is 0. The van der Waals surface area contributed by atoms with Crippen LogP contribution < -0.4 is 4.80 Å². The Morgan fingerprint density at radius 3 is 2.48 bits per heavy atom. The SMILES string of the molecule is CCOC(=O)c1ccc2c(c1)sc(=NC(=O)Cc1c(C)cc(C)cc1C)n2CCSC. The first kappa shape index (κ1) is 23.3. The summed E-state index contributed by atoms with van der Waals surface area (Å²) >= 11 is 3.17. The Labute approximate surface area is 191 Å². The molecule has 0 saturated carbocycles. The van der Waals surface area contributed by atoms with Gasteiger partial charge in [0.2, 0.25) is 0 Å². The number of thiazole rings is 1. The Morgan fingerprint density at radius 2 is 1.84 bits per heavy atom. The smallest absolute Gasteiger partial charge is 0.338 e. The quantitative estimate of drug-likeness (QED) is 0.478. The number of aromatic nitrogens is 1. The summed E-state index contributed by atoms with van der Waals surface area (Å²) < 4.78 is 8.10. The zero-order valence-corrected chi connectivity index (χ0v) is 20.3. The molecule has 0 unspecified atom stereocenters. The largest absolute Gasteiger partial charge is 0.462 e. The van der Waals surface area contributed by atoms with E-state index >= 15 is 0 Å². The molecule has 164 valence electrons. The van der Waals surface area contributed by atoms with Gasteiger partial charge in [-0.2, -0.15) is 16.8 Å². The minimum atomic E-state index is -0.339. The third-order valence-electron chi connectivity index (χ3n) is 5.10. The van der Waals surface area contributed by atoms with Crippen LogP contribution in [0.2, 0.25) is 0 Å². The summed E-state index contributed by atoms with van der Waals surface area (Å²) in [6.07, 6.45) is 2.34. The molecule has 0 aliphatic rings. The number of carbonyl (C=O) groups excluding carboxylic acids is 2. The Hall–Kier alpha value is -2.38. The maximum Gasteiger partial charge on any atom is 0.338 e. The fourth-order valence-corrected chi connectivity index (χ4v) is 5.16. The fraction of sp³-hybridized carbons (Fsp3) is 0.375. The lowest BCUT2D eigenvalue weighted by atomic mass is 9.97. The highest BCUT2D eigenvalue weighted by Crippen LogP contribution is 2.21. The van der Waals surface area contributed by atoms with Crippen molar-refractivity contribution >= 4 is 45.2 Å². The molecule has 0 radical (unpaired) electrons. The van der Waals surface area contributed by atoms with E-state index in [9.17, 15) is 9.59 Å². The van der Waals surface area contributed by atoms with E-state index in [2.05, 4.69) is 34.9 Å². The van der Waals surface area contributed by atoms with Gasteiger partial charge in [-0.05, 0) is 68.8 Å². The minimum absolute atomic E-state index is 0.162. The number of aryl methyl sites for hydroxylation is 4. The van der Waals surface area contributed by atoms with Crippen LogP contribution in [0, 0.1) is 20.8 Å². The molecule has 3 aromatic rings. The highest BCUT2D eigenvalue weighted by Gasteiger charge is 2.14. The van der Waals surface area contributed by atoms with Crippen molar-refractivity contribution in [2.24, 2.45) is 4.99 Å². The highest BCUT2D eigenvalue weighted by atomic mass is 32.2. The average Bonchev–Trinajstić information content (AvgIpc) is 3.05. The molecular formula is C24H28N2O3S2. The van der Waals surface area contributed by atoms with Gasteiger partial charge < -0.3 is 9.30 Å². The normalized spacial score (nSPS) is 11.8. The minimum Gasteiger partial charge on any atom is -0.462 e. The van der Waals surface area contributed by atoms with Crippen molar-refractivity contribution in [3.63, 3.8) is 0 Å². The number of rotatable bonds is 7. The van der Waals surface area contributed by atoms with E-state index in [0.717, 1.165) is 39.2 Å². The summed E-state index contributed by atoms with van der Waals surface area (Å²) in [4.78, 5) is 30.1. The fourth-order valence-electron chi connectivity index (χ4n) is 3.68. The van der Waals surface area contributed by atoms with E-state index in [1.807, 2.05) is 26.0 Å². The number of carbonyl (C=O) groups is 2. The van der Waals surface area contributed by atoms with Gasteiger partial charge in [0.1, 0.15) is 0 Å². The van der Waals surface area contributed by atoms with E-state index in [1.165, 1.54) is 16.9 Å². The van der Waals surface area contributed by atoms with Crippen molar-refractivity contribution in [3.05, 3.63) is 63.0 Å². The maximum atomic E-state index is 12.9. The molecule has 0 N–H and O–H groups in total. The van der Waals surface area contributed by atoms with Crippen LogP contribution >= 0.6 is 23.1 Å². The first-order valence-corrected chi connectivity index (χ1v) is 12.5. The second-order valence-corrected chi connectivity index (χ2v) is 9.49. The maximum absolute atomic E-state index is 12.9. The second-order valence-electron chi connectivity index (χ2n) is 7.49. The first-order chi connectivity index (χ1) is 14.8. The molecule has 2 aromatic carbocycles. The molecule has 0 aliphatic carbocycles. The Bertz CT molecular complexity index is 1170. The standard InChI is InChI=1S/C24H28N2O3S2/c1-6-29-23(28)18-7-8-20-21(13-18)31-24(26(20)9-10-30-5)25-22(27)14-19-16(3)11-15(2)12-17(19)4/h7-8,11-13H,6,9-10,14H2,1-5H3. The van der Waals surface area contributed by atoms with Crippen molar-refractivity contribution in [3.8, 4) is 0 Å². The summed E-state index contributed by atoms with van der Waals surface area (Å²) in [5.74, 6) is 0.404. The van der Waals surface area contributed by atoms with Crippen molar-refractivity contribution in [2.75, 3.05) is 18.6 Å². The molecule has 0 saturated heterocycles. The average molecular weight is 457 g/mol. The molecule has 0 fully saturated rings. The lowest BCUT2D eigenvalue weighted by Gasteiger charge is -2.09. The van der Waals surface area contributed by atoms with E-state index in [-0.39, 0.29) is 18.3 Å². The lowest BCUT2D eigenvalue weighted by Crippen LogP contribution is -2.19. The number of fused-ring (bicyclic) bond motifs is 1. The zero-order chi connectivity index (χ0) is 22.5. The summed E-state index contributed by atoms with van der Waals surface area (Å²) in [5.41, 5.74) is 5.96. The second kappa shape index (κ2) is 10.3. The Morgan fingerprint density at radius 1 is 1.13 bits per heavy atom. The van der Waals surface area contributed by atoms with Crippen molar-refractivity contribution in [2.45, 2.75) is 40.7 Å². The van der Waals surface area contributed by atoms with Crippen LogP contribution in [0.1, 0.15) is 39.5 Å². The van der Waals surface area contributed by atoms with Crippen LogP contribution in [0.5, 0.6) is 0 Å². The van der Waals surface area contributed by atoms with E-state index < -0.39 is 0 Å². The predicted octanol–water partition coefficient (Wildman–Crippen LogP) is 4.84. The summed E-state index contributed by atoms with van der Waals surface area (Å²) in [6, 6.07) is 9.71. The highest BCUT2D eigenvalue weighted by molar-refractivity contribution is 7.98. The van der Waals surface area contributed by atoms with E-state index in [0.29, 0.717) is 17.0 Å². The van der Waals surface area contributed by atoms with Crippen molar-refractivity contribution < 1.29 is 14.3 Å². The predicted molar refractivity (Wildman–Crippen MR) is 129 cm³/mol. The van der Waals surface area contributed by atoms with Gasteiger partial charge in [0.05, 0.1) is 28.8 Å². The van der Waals surface area contributed by atoms with E-state index in [4.69, 9.17) is 4.74 Å². The molecular weight excluding hydrogens is 428 g/mol. The summed E-state index contributed by atoms with van der Waals surface area (Å²) in [6.45, 7) is 9.01. The Balaban J connectivity index is 2.01. The van der Waals surface area contributed by atoms with Gasteiger partial charge in [0.25, 0.3) is 5.91 Å². The molecule has 0 atom stereocenters. The van der Waals surface area contributed by atoms with Crippen LogP contribution in [0.3, 0.4) is 0 Å². The van der Waals surface area contributed by atoms with Gasteiger partial charge in [-0.15, -0.1) is 0 Å². The van der Waals surface area contributed by atoms with Gasteiger partial charge in [0, 0.05) is 12.3 Å². The molecule has 7 heteroatoms. The van der Waals surface area contributed by atoms with Gasteiger partial charge in [-0.1, -0.05) is 29.0 Å². The zero-order valence-electron chi connectivity index (χ0n) is 18.7. The van der Waals surface area contributed by atoms with Gasteiger partial charge in [-0.25, -0.2) is 4.79 Å². The molecule has 31 heavy (non-hydrogen) atoms. The first-order valence-electron chi connectivity index (χ1n) is 10.3. The third-order valence-corrected chi connectivity index (χ3v) is 6.73.